The Morgan fingerprint density at radius 1 is 0.939 bits per heavy atom. The molecule has 2 aliphatic carbocycles. The maximum absolute atomic E-state index is 16.2. The maximum atomic E-state index is 16.2. The second-order valence-corrected chi connectivity index (χ2v) is 14.5. The molecule has 4 heterocycles. The lowest BCUT2D eigenvalue weighted by Gasteiger charge is -2.39. The van der Waals surface area contributed by atoms with Gasteiger partial charge in [-0.3, -0.25) is 4.68 Å². The van der Waals surface area contributed by atoms with E-state index in [4.69, 9.17) is 0 Å². The molecule has 49 heavy (non-hydrogen) atoms. The number of aromatic nitrogens is 4. The standard InChI is InChI=1S/C41H42F4N4/c1-7-10-13-25-15-16-27-34-26(25)19-23-49-37(34)35-28(17-18-29(42)36(35)38(27,4)5)39(8-2)32(40(39,49)9-3)20-22-48-21-12-11-14-30(48)31-24-33(41(43,44)45)46-47(31)6/h11-12,14-21,23-24H,7-10,13,22H2,1-6H3/q+2. The Hall–Kier alpha value is -4.33. The van der Waals surface area contributed by atoms with Gasteiger partial charge in [0.25, 0.3) is 0 Å². The van der Waals surface area contributed by atoms with E-state index in [-0.39, 0.29) is 16.8 Å². The first-order valence-electron chi connectivity index (χ1n) is 17.5. The number of pyridine rings is 2. The monoisotopic (exact) mass is 666 g/mol. The van der Waals surface area contributed by atoms with Gasteiger partial charge in [0.15, 0.2) is 24.6 Å². The summed E-state index contributed by atoms with van der Waals surface area (Å²) in [4.78, 5) is 0. The number of halogens is 4. The van der Waals surface area contributed by atoms with E-state index in [9.17, 15) is 13.2 Å². The number of hydrogen-bond donors (Lipinski definition) is 0. The molecule has 0 saturated heterocycles. The van der Waals surface area contributed by atoms with Crippen LogP contribution in [0.3, 0.4) is 0 Å². The van der Waals surface area contributed by atoms with Crippen LogP contribution in [0.5, 0.6) is 0 Å². The van der Waals surface area contributed by atoms with Gasteiger partial charge in [0.1, 0.15) is 11.5 Å². The quantitative estimate of drug-likeness (QED) is 0.0922. The molecule has 0 bridgehead atoms. The number of unbranched alkanes of at least 4 members (excludes halogenated alkanes) is 1. The summed E-state index contributed by atoms with van der Waals surface area (Å²) in [5.41, 5.74) is 6.79. The van der Waals surface area contributed by atoms with Crippen LogP contribution in [0, 0.1) is 5.82 Å². The van der Waals surface area contributed by atoms with E-state index in [1.54, 1.807) is 13.1 Å². The minimum atomic E-state index is -4.53. The Labute approximate surface area is 284 Å². The third-order valence-electron chi connectivity index (χ3n) is 12.0. The Balaban J connectivity index is 1.36. The molecule has 8 rings (SSSR count). The van der Waals surface area contributed by atoms with Crippen LogP contribution >= 0.6 is 0 Å². The number of fused-ring (bicyclic) bond motifs is 3. The molecule has 1 saturated carbocycles. The maximum Gasteiger partial charge on any atom is 0.435 e. The summed E-state index contributed by atoms with van der Waals surface area (Å²) in [5.74, 6) is -0.173. The lowest BCUT2D eigenvalue weighted by Crippen LogP contribution is -2.56. The number of hydrogen-bond acceptors (Lipinski definition) is 1. The molecule has 252 valence electrons. The Morgan fingerprint density at radius 2 is 1.71 bits per heavy atom. The molecule has 0 spiro atoms. The van der Waals surface area contributed by atoms with Crippen LogP contribution in [-0.2, 0) is 42.6 Å². The van der Waals surface area contributed by atoms with Crippen molar-refractivity contribution >= 4 is 10.8 Å². The van der Waals surface area contributed by atoms with Crippen molar-refractivity contribution in [2.75, 3.05) is 0 Å². The van der Waals surface area contributed by atoms with Crippen molar-refractivity contribution in [3.8, 4) is 22.6 Å². The molecular formula is C41H42F4N4+2. The van der Waals surface area contributed by atoms with Crippen LogP contribution in [0.4, 0.5) is 17.6 Å². The number of rotatable bonds is 8. The van der Waals surface area contributed by atoms with Crippen LogP contribution in [0.25, 0.3) is 33.4 Å². The predicted molar refractivity (Wildman–Crippen MR) is 182 cm³/mol. The second-order valence-electron chi connectivity index (χ2n) is 14.5. The van der Waals surface area contributed by atoms with E-state index in [0.29, 0.717) is 17.9 Å². The van der Waals surface area contributed by atoms with Gasteiger partial charge in [-0.15, -0.1) is 0 Å². The first-order valence-corrected chi connectivity index (χ1v) is 17.5. The Kier molecular flexibility index (Phi) is 6.89. The van der Waals surface area contributed by atoms with Crippen molar-refractivity contribution < 1.29 is 26.7 Å². The van der Waals surface area contributed by atoms with E-state index in [0.717, 1.165) is 60.6 Å². The van der Waals surface area contributed by atoms with E-state index in [2.05, 4.69) is 74.8 Å². The van der Waals surface area contributed by atoms with Crippen LogP contribution in [0.1, 0.15) is 88.2 Å². The predicted octanol–water partition coefficient (Wildman–Crippen LogP) is 9.03. The summed E-state index contributed by atoms with van der Waals surface area (Å²) < 4.78 is 62.8. The normalized spacial score (nSPS) is 22.1. The highest BCUT2D eigenvalue weighted by Crippen LogP contribution is 2.73. The molecule has 5 aromatic rings. The zero-order chi connectivity index (χ0) is 34.7. The van der Waals surface area contributed by atoms with Gasteiger partial charge in [0.2, 0.25) is 16.9 Å². The lowest BCUT2D eigenvalue weighted by atomic mass is 9.65. The Bertz CT molecular complexity index is 2230. The van der Waals surface area contributed by atoms with Crippen molar-refractivity contribution in [1.29, 1.82) is 0 Å². The Morgan fingerprint density at radius 3 is 2.41 bits per heavy atom. The van der Waals surface area contributed by atoms with Gasteiger partial charge in [-0.1, -0.05) is 59.2 Å². The SMILES string of the molecule is CCCCc1ccc2c3c4[n+](ccc13)C1(CC)C(=CC[n+]3ccccc3-c3cc(C(F)(F)F)nn3C)C1(CC)c1ccc(F)c(c1-4)C2(C)C. The molecule has 4 nitrogen and oxygen atoms in total. The molecule has 3 aromatic heterocycles. The van der Waals surface area contributed by atoms with Gasteiger partial charge in [-0.2, -0.15) is 27.4 Å². The zero-order valence-corrected chi connectivity index (χ0v) is 29.0. The topological polar surface area (TPSA) is 25.6 Å². The van der Waals surface area contributed by atoms with Crippen molar-refractivity contribution in [3.63, 3.8) is 0 Å². The highest BCUT2D eigenvalue weighted by atomic mass is 19.4. The zero-order valence-electron chi connectivity index (χ0n) is 29.0. The van der Waals surface area contributed by atoms with Crippen LogP contribution in [0.15, 0.2) is 78.6 Å². The van der Waals surface area contributed by atoms with Crippen LogP contribution in [0.2, 0.25) is 0 Å². The number of benzene rings is 2. The molecule has 8 heteroatoms. The summed E-state index contributed by atoms with van der Waals surface area (Å²) in [6.07, 6.45) is 6.81. The summed E-state index contributed by atoms with van der Waals surface area (Å²) in [6.45, 7) is 11.5. The van der Waals surface area contributed by atoms with E-state index < -0.39 is 17.3 Å². The van der Waals surface area contributed by atoms with Gasteiger partial charge < -0.3 is 0 Å². The van der Waals surface area contributed by atoms with Crippen molar-refractivity contribution in [2.24, 2.45) is 7.05 Å². The van der Waals surface area contributed by atoms with Crippen LogP contribution < -0.4 is 9.13 Å². The van der Waals surface area contributed by atoms with Gasteiger partial charge in [-0.25, -0.2) is 4.39 Å². The number of aryl methyl sites for hydroxylation is 2. The van der Waals surface area contributed by atoms with Crippen molar-refractivity contribution in [1.82, 2.24) is 9.78 Å². The highest BCUT2D eigenvalue weighted by Gasteiger charge is 2.82. The van der Waals surface area contributed by atoms with Crippen molar-refractivity contribution in [2.45, 2.75) is 95.8 Å². The van der Waals surface area contributed by atoms with Gasteiger partial charge >= 0.3 is 6.18 Å². The summed E-state index contributed by atoms with van der Waals surface area (Å²) in [5, 5.41) is 6.27. The first kappa shape index (κ1) is 31.9. The average Bonchev–Trinajstić information content (AvgIpc) is 3.48. The second kappa shape index (κ2) is 10.6. The minimum absolute atomic E-state index is 0.173. The summed E-state index contributed by atoms with van der Waals surface area (Å²) in [6, 6.07) is 17.2. The molecule has 0 amide bonds. The molecular weight excluding hydrogens is 624 g/mol. The van der Waals surface area contributed by atoms with E-state index in [1.165, 1.54) is 32.2 Å². The number of nitrogens with zero attached hydrogens (tertiary/aromatic N) is 4. The van der Waals surface area contributed by atoms with Gasteiger partial charge in [0, 0.05) is 54.3 Å². The fourth-order valence-electron chi connectivity index (χ4n) is 9.86. The largest absolute Gasteiger partial charge is 0.435 e. The summed E-state index contributed by atoms with van der Waals surface area (Å²) >= 11 is 0. The minimum Gasteiger partial charge on any atom is -0.261 e. The van der Waals surface area contributed by atoms with Crippen LogP contribution in [-0.4, -0.2) is 9.78 Å². The number of allylic oxidation sites excluding steroid dienone is 2. The van der Waals surface area contributed by atoms with Gasteiger partial charge in [-0.05, 0) is 59.5 Å². The average molecular weight is 667 g/mol. The molecule has 2 unspecified atom stereocenters. The molecule has 0 N–H and O–H groups in total. The fourth-order valence-corrected chi connectivity index (χ4v) is 9.86. The molecule has 1 fully saturated rings. The van der Waals surface area contributed by atoms with Crippen molar-refractivity contribution in [3.05, 3.63) is 112 Å². The third-order valence-corrected chi connectivity index (χ3v) is 12.0. The summed E-state index contributed by atoms with van der Waals surface area (Å²) in [7, 11) is 1.55. The fraction of sp³-hybridized carbons (Fsp3) is 0.390. The van der Waals surface area contributed by atoms with Gasteiger partial charge in [0.05, 0.1) is 16.4 Å². The van der Waals surface area contributed by atoms with E-state index in [1.807, 2.05) is 35.0 Å². The van der Waals surface area contributed by atoms with E-state index >= 15 is 4.39 Å². The lowest BCUT2D eigenvalue weighted by molar-refractivity contribution is -0.731. The molecule has 0 radical (unpaired) electrons. The number of alkyl halides is 3. The third kappa shape index (κ3) is 4.00. The molecule has 3 aliphatic rings. The molecule has 2 aromatic carbocycles. The molecule has 2 atom stereocenters. The smallest absolute Gasteiger partial charge is 0.261 e. The molecule has 1 aliphatic heterocycles. The highest BCUT2D eigenvalue weighted by molar-refractivity contribution is 6.03. The first-order chi connectivity index (χ1) is 23.4.